The van der Waals surface area contributed by atoms with E-state index in [0.29, 0.717) is 19.5 Å². The zero-order valence-corrected chi connectivity index (χ0v) is 13.2. The Kier molecular flexibility index (Phi) is 4.47. The first-order valence-corrected chi connectivity index (χ1v) is 7.96. The number of hydrogen-bond donors (Lipinski definition) is 2. The van der Waals surface area contributed by atoms with E-state index < -0.39 is 12.1 Å². The number of halogens is 1. The summed E-state index contributed by atoms with van der Waals surface area (Å²) in [5.74, 6) is 0.122. The van der Waals surface area contributed by atoms with Gasteiger partial charge in [-0.05, 0) is 30.5 Å². The maximum atomic E-state index is 10.8. The first kappa shape index (κ1) is 14.8. The van der Waals surface area contributed by atoms with Crippen LogP contribution in [-0.4, -0.2) is 36.4 Å². The quantitative estimate of drug-likeness (QED) is 0.846. The van der Waals surface area contributed by atoms with E-state index in [1.165, 1.54) is 5.56 Å². The summed E-state index contributed by atoms with van der Waals surface area (Å²) >= 11 is 3.52. The summed E-state index contributed by atoms with van der Waals surface area (Å²) in [5.41, 5.74) is 2.37. The fourth-order valence-electron chi connectivity index (χ4n) is 2.88. The summed E-state index contributed by atoms with van der Waals surface area (Å²) in [4.78, 5) is 10.8. The van der Waals surface area contributed by atoms with Crippen molar-refractivity contribution in [3.05, 3.63) is 27.7 Å². The minimum absolute atomic E-state index is 0.0211. The molecule has 0 saturated carbocycles. The summed E-state index contributed by atoms with van der Waals surface area (Å²) in [6.07, 6.45) is 1.67. The number of hydrogen-bond acceptors (Lipinski definition) is 4. The predicted octanol–water partition coefficient (Wildman–Crippen LogP) is 2.11. The Hall–Kier alpha value is -1.11. The van der Waals surface area contributed by atoms with Gasteiger partial charge in [-0.25, -0.2) is 4.79 Å². The van der Waals surface area contributed by atoms with Gasteiger partial charge in [0.15, 0.2) is 6.10 Å². The summed E-state index contributed by atoms with van der Waals surface area (Å²) < 4.78 is 12.2. The van der Waals surface area contributed by atoms with E-state index in [-0.39, 0.29) is 6.10 Å². The molecule has 2 atom stereocenters. The van der Waals surface area contributed by atoms with Crippen molar-refractivity contribution < 1.29 is 19.4 Å². The molecule has 1 fully saturated rings. The standard InChI is InChI=1S/C15H18BrNO4/c16-11-5-9-3-4-20-14(9)10(6-11)7-17-8-12-1-2-13(21-12)15(18)19/h5-6,12-13,17H,1-4,7-8H2,(H,18,19). The second-order valence-electron chi connectivity index (χ2n) is 5.44. The molecule has 2 aliphatic heterocycles. The van der Waals surface area contributed by atoms with Crippen molar-refractivity contribution in [2.75, 3.05) is 13.2 Å². The van der Waals surface area contributed by atoms with Crippen molar-refractivity contribution in [2.24, 2.45) is 0 Å². The molecule has 1 aromatic rings. The summed E-state index contributed by atoms with van der Waals surface area (Å²) in [7, 11) is 0. The average Bonchev–Trinajstić information content (AvgIpc) is 3.06. The van der Waals surface area contributed by atoms with E-state index in [1.807, 2.05) is 0 Å². The second kappa shape index (κ2) is 6.34. The Bertz CT molecular complexity index is 549. The summed E-state index contributed by atoms with van der Waals surface area (Å²) in [5, 5.41) is 12.2. The lowest BCUT2D eigenvalue weighted by molar-refractivity contribution is -0.149. The van der Waals surface area contributed by atoms with Crippen molar-refractivity contribution in [1.29, 1.82) is 0 Å². The molecule has 2 aliphatic rings. The third kappa shape index (κ3) is 3.39. The highest BCUT2D eigenvalue weighted by Gasteiger charge is 2.30. The molecule has 0 amide bonds. The summed E-state index contributed by atoms with van der Waals surface area (Å²) in [6, 6.07) is 4.16. The fraction of sp³-hybridized carbons (Fsp3) is 0.533. The van der Waals surface area contributed by atoms with Gasteiger partial charge < -0.3 is 19.9 Å². The van der Waals surface area contributed by atoms with E-state index in [1.54, 1.807) is 0 Å². The Balaban J connectivity index is 1.54. The highest BCUT2D eigenvalue weighted by molar-refractivity contribution is 9.10. The second-order valence-corrected chi connectivity index (χ2v) is 6.36. The first-order valence-electron chi connectivity index (χ1n) is 7.16. The van der Waals surface area contributed by atoms with Crippen LogP contribution in [0.3, 0.4) is 0 Å². The van der Waals surface area contributed by atoms with Gasteiger partial charge in [0.1, 0.15) is 5.75 Å². The molecule has 2 N–H and O–H groups in total. The van der Waals surface area contributed by atoms with Gasteiger partial charge in [-0.3, -0.25) is 0 Å². The van der Waals surface area contributed by atoms with Crippen LogP contribution >= 0.6 is 15.9 Å². The number of rotatable bonds is 5. The number of nitrogens with one attached hydrogen (secondary N) is 1. The minimum Gasteiger partial charge on any atom is -0.493 e. The highest BCUT2D eigenvalue weighted by atomic mass is 79.9. The van der Waals surface area contributed by atoms with Gasteiger partial charge in [-0.2, -0.15) is 0 Å². The van der Waals surface area contributed by atoms with Gasteiger partial charge in [-0.1, -0.05) is 15.9 Å². The number of carbonyl (C=O) groups is 1. The Morgan fingerprint density at radius 1 is 1.43 bits per heavy atom. The largest absolute Gasteiger partial charge is 0.493 e. The third-order valence-electron chi connectivity index (χ3n) is 3.90. The number of carboxylic acids is 1. The third-order valence-corrected chi connectivity index (χ3v) is 4.35. The van der Waals surface area contributed by atoms with Crippen LogP contribution in [0, 0.1) is 0 Å². The van der Waals surface area contributed by atoms with Gasteiger partial charge in [0.2, 0.25) is 0 Å². The van der Waals surface area contributed by atoms with Crippen LogP contribution in [0.5, 0.6) is 5.75 Å². The van der Waals surface area contributed by atoms with E-state index in [9.17, 15) is 4.79 Å². The zero-order valence-electron chi connectivity index (χ0n) is 11.6. The molecule has 1 saturated heterocycles. The van der Waals surface area contributed by atoms with Crippen LogP contribution < -0.4 is 10.1 Å². The SMILES string of the molecule is O=C(O)C1CCC(CNCc2cc(Br)cc3c2OCC3)O1. The van der Waals surface area contributed by atoms with Crippen LogP contribution in [0.25, 0.3) is 0 Å². The summed E-state index contributed by atoms with van der Waals surface area (Å²) in [6.45, 7) is 2.09. The maximum Gasteiger partial charge on any atom is 0.332 e. The number of fused-ring (bicyclic) bond motifs is 1. The molecule has 6 heteroatoms. The molecular formula is C15H18BrNO4. The average molecular weight is 356 g/mol. The Morgan fingerprint density at radius 2 is 2.29 bits per heavy atom. The van der Waals surface area contributed by atoms with Crippen molar-refractivity contribution in [2.45, 2.75) is 38.0 Å². The molecule has 0 bridgehead atoms. The number of benzene rings is 1. The van der Waals surface area contributed by atoms with Gasteiger partial charge >= 0.3 is 5.97 Å². The highest BCUT2D eigenvalue weighted by Crippen LogP contribution is 2.32. The molecule has 1 aromatic carbocycles. The number of aliphatic carboxylic acids is 1. The van der Waals surface area contributed by atoms with Crippen LogP contribution in [-0.2, 0) is 22.5 Å². The first-order chi connectivity index (χ1) is 10.1. The minimum atomic E-state index is -0.865. The van der Waals surface area contributed by atoms with E-state index in [4.69, 9.17) is 14.6 Å². The zero-order chi connectivity index (χ0) is 14.8. The molecule has 114 valence electrons. The molecular weight excluding hydrogens is 338 g/mol. The molecule has 21 heavy (non-hydrogen) atoms. The lowest BCUT2D eigenvalue weighted by Gasteiger charge is -2.14. The van der Waals surface area contributed by atoms with E-state index in [2.05, 4.69) is 33.4 Å². The lowest BCUT2D eigenvalue weighted by atomic mass is 10.1. The fourth-order valence-corrected chi connectivity index (χ4v) is 3.44. The smallest absolute Gasteiger partial charge is 0.332 e. The van der Waals surface area contributed by atoms with Crippen LogP contribution in [0.15, 0.2) is 16.6 Å². The van der Waals surface area contributed by atoms with Gasteiger partial charge in [-0.15, -0.1) is 0 Å². The molecule has 0 aliphatic carbocycles. The molecule has 2 heterocycles. The Morgan fingerprint density at radius 3 is 3.05 bits per heavy atom. The molecule has 2 unspecified atom stereocenters. The molecule has 0 aromatic heterocycles. The van der Waals surface area contributed by atoms with Crippen molar-refractivity contribution in [3.8, 4) is 5.75 Å². The number of carboxylic acid groups (broad SMARTS) is 1. The molecule has 5 nitrogen and oxygen atoms in total. The van der Waals surface area contributed by atoms with Crippen LogP contribution in [0.2, 0.25) is 0 Å². The van der Waals surface area contributed by atoms with Crippen LogP contribution in [0.4, 0.5) is 0 Å². The predicted molar refractivity (Wildman–Crippen MR) is 80.6 cm³/mol. The van der Waals surface area contributed by atoms with E-state index in [0.717, 1.165) is 35.2 Å². The van der Waals surface area contributed by atoms with Gasteiger partial charge in [0.25, 0.3) is 0 Å². The van der Waals surface area contributed by atoms with E-state index >= 15 is 0 Å². The Labute approximate surface area is 131 Å². The van der Waals surface area contributed by atoms with Gasteiger partial charge in [0, 0.05) is 29.5 Å². The normalized spacial score (nSPS) is 23.9. The molecule has 0 radical (unpaired) electrons. The topological polar surface area (TPSA) is 67.8 Å². The maximum absolute atomic E-state index is 10.8. The monoisotopic (exact) mass is 355 g/mol. The van der Waals surface area contributed by atoms with Crippen molar-refractivity contribution in [1.82, 2.24) is 5.32 Å². The van der Waals surface area contributed by atoms with Crippen molar-refractivity contribution in [3.63, 3.8) is 0 Å². The van der Waals surface area contributed by atoms with Gasteiger partial charge in [0.05, 0.1) is 12.7 Å². The molecule has 0 spiro atoms. The molecule has 3 rings (SSSR count). The number of ether oxygens (including phenoxy) is 2. The van der Waals surface area contributed by atoms with Crippen LogP contribution in [0.1, 0.15) is 24.0 Å². The lowest BCUT2D eigenvalue weighted by Crippen LogP contribution is -2.28. The van der Waals surface area contributed by atoms with Crippen molar-refractivity contribution >= 4 is 21.9 Å².